The molecule has 0 aliphatic heterocycles. The van der Waals surface area contributed by atoms with Crippen LogP contribution in [0.4, 0.5) is 0 Å². The molecule has 0 aromatic heterocycles. The first kappa shape index (κ1) is 12.5. The highest BCUT2D eigenvalue weighted by Crippen LogP contribution is 2.33. The smallest absolute Gasteiger partial charge is 0.220 e. The molecule has 88 valence electrons. The zero-order chi connectivity index (χ0) is 11.3. The minimum Gasteiger partial charge on any atom is -0.354 e. The summed E-state index contributed by atoms with van der Waals surface area (Å²) in [5, 5.41) is 2.94. The maximum absolute atomic E-state index is 11.5. The summed E-state index contributed by atoms with van der Waals surface area (Å²) in [6.07, 6.45) is 6.19. The molecule has 3 heteroatoms. The molecule has 1 saturated carbocycles. The van der Waals surface area contributed by atoms with Crippen molar-refractivity contribution in [1.82, 2.24) is 5.32 Å². The quantitative estimate of drug-likeness (QED) is 0.676. The van der Waals surface area contributed by atoms with Crippen molar-refractivity contribution in [2.75, 3.05) is 6.54 Å². The van der Waals surface area contributed by atoms with Gasteiger partial charge in [0.25, 0.3) is 0 Å². The summed E-state index contributed by atoms with van der Waals surface area (Å²) in [5.41, 5.74) is 5.89. The van der Waals surface area contributed by atoms with Crippen molar-refractivity contribution in [2.45, 2.75) is 57.9 Å². The molecule has 0 radical (unpaired) electrons. The van der Waals surface area contributed by atoms with Crippen molar-refractivity contribution in [1.29, 1.82) is 0 Å². The summed E-state index contributed by atoms with van der Waals surface area (Å²) >= 11 is 0. The molecular formula is C12H24N2O. The van der Waals surface area contributed by atoms with E-state index in [4.69, 9.17) is 5.73 Å². The molecule has 3 nitrogen and oxygen atoms in total. The number of carbonyl (C=O) groups is 1. The van der Waals surface area contributed by atoms with Crippen LogP contribution in [0.25, 0.3) is 0 Å². The van der Waals surface area contributed by atoms with E-state index < -0.39 is 0 Å². The Morgan fingerprint density at radius 2 is 2.00 bits per heavy atom. The summed E-state index contributed by atoms with van der Waals surface area (Å²) in [4.78, 5) is 11.5. The van der Waals surface area contributed by atoms with E-state index in [1.807, 2.05) is 0 Å². The van der Waals surface area contributed by atoms with Gasteiger partial charge in [0, 0.05) is 18.5 Å². The van der Waals surface area contributed by atoms with Gasteiger partial charge in [-0.05, 0) is 25.2 Å². The molecule has 0 unspecified atom stereocenters. The normalized spacial score (nSPS) is 16.5. The molecule has 0 aromatic rings. The van der Waals surface area contributed by atoms with Crippen LogP contribution in [0.5, 0.6) is 0 Å². The number of amides is 1. The van der Waals surface area contributed by atoms with Crippen molar-refractivity contribution in [3.63, 3.8) is 0 Å². The Hall–Kier alpha value is -0.570. The number of carbonyl (C=O) groups excluding carboxylic acids is 1. The van der Waals surface area contributed by atoms with Crippen molar-refractivity contribution in [2.24, 2.45) is 11.7 Å². The van der Waals surface area contributed by atoms with Crippen LogP contribution in [-0.2, 0) is 4.79 Å². The van der Waals surface area contributed by atoms with Crippen LogP contribution in [0, 0.1) is 5.92 Å². The summed E-state index contributed by atoms with van der Waals surface area (Å²) in [6, 6.07) is 0. The largest absolute Gasteiger partial charge is 0.354 e. The third-order valence-electron chi connectivity index (χ3n) is 3.52. The molecule has 1 aliphatic carbocycles. The van der Waals surface area contributed by atoms with Crippen LogP contribution in [0.15, 0.2) is 0 Å². The fourth-order valence-electron chi connectivity index (χ4n) is 1.60. The van der Waals surface area contributed by atoms with E-state index in [0.29, 0.717) is 13.0 Å². The third kappa shape index (κ3) is 4.65. The lowest BCUT2D eigenvalue weighted by Gasteiger charge is -2.26. The summed E-state index contributed by atoms with van der Waals surface area (Å²) in [6.45, 7) is 4.75. The van der Waals surface area contributed by atoms with Crippen molar-refractivity contribution >= 4 is 5.91 Å². The van der Waals surface area contributed by atoms with Crippen LogP contribution in [-0.4, -0.2) is 18.0 Å². The standard InChI is InChI=1S/C12H24N2O/c1-3-12(13,4-2)9-14-11(15)8-7-10-5-6-10/h10H,3-9,13H2,1-2H3,(H,14,15). The molecule has 1 rings (SSSR count). The van der Waals surface area contributed by atoms with Gasteiger partial charge in [-0.25, -0.2) is 0 Å². The molecule has 3 N–H and O–H groups in total. The molecule has 15 heavy (non-hydrogen) atoms. The highest BCUT2D eigenvalue weighted by Gasteiger charge is 2.23. The fraction of sp³-hybridized carbons (Fsp3) is 0.917. The van der Waals surface area contributed by atoms with Crippen molar-refractivity contribution < 1.29 is 4.79 Å². The second kappa shape index (κ2) is 5.50. The van der Waals surface area contributed by atoms with Gasteiger partial charge in [-0.2, -0.15) is 0 Å². The van der Waals surface area contributed by atoms with E-state index in [9.17, 15) is 4.79 Å². The molecule has 1 amide bonds. The van der Waals surface area contributed by atoms with Gasteiger partial charge < -0.3 is 11.1 Å². The second-order valence-electron chi connectivity index (χ2n) is 4.83. The van der Waals surface area contributed by atoms with Crippen LogP contribution in [0.1, 0.15) is 52.4 Å². The zero-order valence-electron chi connectivity index (χ0n) is 10.0. The van der Waals surface area contributed by atoms with Gasteiger partial charge in [-0.15, -0.1) is 0 Å². The molecule has 0 atom stereocenters. The SMILES string of the molecule is CCC(N)(CC)CNC(=O)CCC1CC1. The zero-order valence-corrected chi connectivity index (χ0v) is 10.0. The Morgan fingerprint density at radius 3 is 2.47 bits per heavy atom. The molecule has 0 spiro atoms. The predicted molar refractivity (Wildman–Crippen MR) is 62.5 cm³/mol. The van der Waals surface area contributed by atoms with E-state index in [2.05, 4.69) is 19.2 Å². The number of hydrogen-bond donors (Lipinski definition) is 2. The van der Waals surface area contributed by atoms with Gasteiger partial charge in [-0.3, -0.25) is 4.79 Å². The van der Waals surface area contributed by atoms with E-state index in [1.54, 1.807) is 0 Å². The summed E-state index contributed by atoms with van der Waals surface area (Å²) in [7, 11) is 0. The summed E-state index contributed by atoms with van der Waals surface area (Å²) < 4.78 is 0. The molecular weight excluding hydrogens is 188 g/mol. The highest BCUT2D eigenvalue weighted by atomic mass is 16.1. The minimum absolute atomic E-state index is 0.165. The molecule has 0 bridgehead atoms. The monoisotopic (exact) mass is 212 g/mol. The second-order valence-corrected chi connectivity index (χ2v) is 4.83. The maximum Gasteiger partial charge on any atom is 0.220 e. The Morgan fingerprint density at radius 1 is 1.40 bits per heavy atom. The Kier molecular flexibility index (Phi) is 4.58. The van der Waals surface area contributed by atoms with Crippen molar-refractivity contribution in [3.05, 3.63) is 0 Å². The summed E-state index contributed by atoms with van der Waals surface area (Å²) in [5.74, 6) is 0.995. The Labute approximate surface area is 92.8 Å². The van der Waals surface area contributed by atoms with E-state index in [1.165, 1.54) is 12.8 Å². The van der Waals surface area contributed by atoms with E-state index in [0.717, 1.165) is 25.2 Å². The Balaban J connectivity index is 2.13. The van der Waals surface area contributed by atoms with Gasteiger partial charge in [0.2, 0.25) is 5.91 Å². The van der Waals surface area contributed by atoms with Gasteiger partial charge in [0.1, 0.15) is 0 Å². The van der Waals surface area contributed by atoms with Crippen LogP contribution < -0.4 is 11.1 Å². The topological polar surface area (TPSA) is 55.1 Å². The number of nitrogens with two attached hydrogens (primary N) is 1. The lowest BCUT2D eigenvalue weighted by atomic mass is 9.94. The van der Waals surface area contributed by atoms with Crippen LogP contribution in [0.2, 0.25) is 0 Å². The number of nitrogens with one attached hydrogen (secondary N) is 1. The van der Waals surface area contributed by atoms with Gasteiger partial charge in [-0.1, -0.05) is 26.7 Å². The fourth-order valence-corrected chi connectivity index (χ4v) is 1.60. The number of hydrogen-bond acceptors (Lipinski definition) is 2. The lowest BCUT2D eigenvalue weighted by molar-refractivity contribution is -0.121. The first-order chi connectivity index (χ1) is 7.09. The first-order valence-corrected chi connectivity index (χ1v) is 6.15. The molecule has 1 aliphatic rings. The average molecular weight is 212 g/mol. The van der Waals surface area contributed by atoms with Crippen LogP contribution >= 0.6 is 0 Å². The highest BCUT2D eigenvalue weighted by molar-refractivity contribution is 5.75. The minimum atomic E-state index is -0.213. The predicted octanol–water partition coefficient (Wildman–Crippen LogP) is 1.81. The van der Waals surface area contributed by atoms with E-state index >= 15 is 0 Å². The number of rotatable bonds is 7. The lowest BCUT2D eigenvalue weighted by Crippen LogP contribution is -2.49. The van der Waals surface area contributed by atoms with Gasteiger partial charge >= 0.3 is 0 Å². The van der Waals surface area contributed by atoms with Gasteiger partial charge in [0.15, 0.2) is 0 Å². The third-order valence-corrected chi connectivity index (χ3v) is 3.52. The maximum atomic E-state index is 11.5. The first-order valence-electron chi connectivity index (χ1n) is 6.15. The van der Waals surface area contributed by atoms with E-state index in [-0.39, 0.29) is 11.4 Å². The molecule has 0 aromatic carbocycles. The van der Waals surface area contributed by atoms with Gasteiger partial charge in [0.05, 0.1) is 0 Å². The van der Waals surface area contributed by atoms with Crippen molar-refractivity contribution in [3.8, 4) is 0 Å². The molecule has 0 saturated heterocycles. The average Bonchev–Trinajstić information content (AvgIpc) is 3.07. The van der Waals surface area contributed by atoms with Crippen LogP contribution in [0.3, 0.4) is 0 Å². The molecule has 1 fully saturated rings. The Bertz CT molecular complexity index is 208. The molecule has 0 heterocycles.